The van der Waals surface area contributed by atoms with Crippen molar-refractivity contribution in [1.29, 1.82) is 0 Å². The number of aliphatic carboxylic acids is 1. The van der Waals surface area contributed by atoms with Crippen molar-refractivity contribution in [3.8, 4) is 0 Å². The van der Waals surface area contributed by atoms with E-state index in [9.17, 15) is 19.8 Å². The molecule has 1 rings (SSSR count). The molecule has 0 bridgehead atoms. The van der Waals surface area contributed by atoms with Crippen LogP contribution in [0.25, 0.3) is 0 Å². The highest BCUT2D eigenvalue weighted by Crippen LogP contribution is 2.29. The van der Waals surface area contributed by atoms with Gasteiger partial charge in [-0.25, -0.2) is 4.79 Å². The summed E-state index contributed by atoms with van der Waals surface area (Å²) in [5.41, 5.74) is -2.22. The van der Waals surface area contributed by atoms with Gasteiger partial charge >= 0.3 is 6.09 Å². The minimum Gasteiger partial charge on any atom is -0.548 e. The summed E-state index contributed by atoms with van der Waals surface area (Å²) in [7, 11) is 0. The van der Waals surface area contributed by atoms with Crippen molar-refractivity contribution < 1.29 is 24.5 Å². The van der Waals surface area contributed by atoms with Crippen molar-refractivity contribution in [2.45, 2.75) is 57.8 Å². The lowest BCUT2D eigenvalue weighted by Gasteiger charge is -2.46. The molecule has 0 spiro atoms. The smallest absolute Gasteiger partial charge is 0.411 e. The standard InChI is InChI=1S/C12H21NO5/c1-11(2,3)18-10(17)13-6-5-8(14)7-12(13,4)9(15)16/h8,14H,5-7H2,1-4H3,(H,15,16)/p-1/t8-,12+/m1/s1. The third-order valence-corrected chi connectivity index (χ3v) is 2.97. The Bertz CT molecular complexity index is 349. The maximum atomic E-state index is 12.0. The van der Waals surface area contributed by atoms with Crippen LogP contribution in [0.15, 0.2) is 0 Å². The van der Waals surface area contributed by atoms with E-state index in [4.69, 9.17) is 4.74 Å². The molecule has 6 nitrogen and oxygen atoms in total. The van der Waals surface area contributed by atoms with Gasteiger partial charge in [-0.15, -0.1) is 0 Å². The number of likely N-dealkylation sites (tertiary alicyclic amines) is 1. The summed E-state index contributed by atoms with van der Waals surface area (Å²) in [6.07, 6.45) is -1.15. The zero-order chi connectivity index (χ0) is 14.1. The molecular formula is C12H20NO5-. The molecule has 0 aromatic rings. The summed E-state index contributed by atoms with van der Waals surface area (Å²) in [4.78, 5) is 24.3. The number of carboxylic acid groups (broad SMARTS) is 1. The molecule has 0 saturated carbocycles. The number of rotatable bonds is 1. The summed E-state index contributed by atoms with van der Waals surface area (Å²) < 4.78 is 5.17. The van der Waals surface area contributed by atoms with E-state index in [1.165, 1.54) is 6.92 Å². The van der Waals surface area contributed by atoms with Crippen LogP contribution in [-0.4, -0.2) is 45.9 Å². The third-order valence-electron chi connectivity index (χ3n) is 2.97. The number of ether oxygens (including phenoxy) is 1. The van der Waals surface area contributed by atoms with Gasteiger partial charge in [0, 0.05) is 13.0 Å². The number of hydrogen-bond acceptors (Lipinski definition) is 5. The van der Waals surface area contributed by atoms with E-state index < -0.39 is 29.3 Å². The largest absolute Gasteiger partial charge is 0.548 e. The molecule has 0 aromatic heterocycles. The van der Waals surface area contributed by atoms with Gasteiger partial charge in [-0.1, -0.05) is 0 Å². The van der Waals surface area contributed by atoms with Gasteiger partial charge in [0.15, 0.2) is 0 Å². The Hall–Kier alpha value is -1.30. The van der Waals surface area contributed by atoms with Crippen molar-refractivity contribution in [3.05, 3.63) is 0 Å². The van der Waals surface area contributed by atoms with Crippen LogP contribution in [-0.2, 0) is 9.53 Å². The van der Waals surface area contributed by atoms with Gasteiger partial charge in [0.25, 0.3) is 0 Å². The van der Waals surface area contributed by atoms with E-state index >= 15 is 0 Å². The van der Waals surface area contributed by atoms with E-state index in [-0.39, 0.29) is 13.0 Å². The number of carboxylic acids is 1. The van der Waals surface area contributed by atoms with E-state index in [0.29, 0.717) is 6.42 Å². The Kier molecular flexibility index (Phi) is 3.90. The monoisotopic (exact) mass is 258 g/mol. The van der Waals surface area contributed by atoms with Crippen LogP contribution in [0, 0.1) is 0 Å². The number of carbonyl (C=O) groups is 2. The number of carbonyl (C=O) groups excluding carboxylic acids is 2. The summed E-state index contributed by atoms with van der Waals surface area (Å²) in [6.45, 7) is 6.63. The van der Waals surface area contributed by atoms with Crippen molar-refractivity contribution in [2.24, 2.45) is 0 Å². The second-order valence-electron chi connectivity index (χ2n) is 5.84. The van der Waals surface area contributed by atoms with Crippen LogP contribution in [0.2, 0.25) is 0 Å². The van der Waals surface area contributed by atoms with Crippen molar-refractivity contribution >= 4 is 12.1 Å². The Morgan fingerprint density at radius 3 is 2.44 bits per heavy atom. The summed E-state index contributed by atoms with van der Waals surface area (Å²) in [6, 6.07) is 0. The lowest BCUT2D eigenvalue weighted by molar-refractivity contribution is -0.320. The number of amides is 1. The molecule has 1 saturated heterocycles. The molecule has 6 heteroatoms. The number of nitrogens with zero attached hydrogens (tertiary/aromatic N) is 1. The molecule has 0 radical (unpaired) electrons. The maximum Gasteiger partial charge on any atom is 0.411 e. The van der Waals surface area contributed by atoms with Gasteiger partial charge in [0.05, 0.1) is 17.6 Å². The highest BCUT2D eigenvalue weighted by molar-refractivity contribution is 5.83. The zero-order valence-corrected chi connectivity index (χ0v) is 11.2. The SMILES string of the molecule is CC(C)(C)OC(=O)N1CC[C@@H](O)C[C@@]1(C)C(=O)[O-]. The summed E-state index contributed by atoms with van der Waals surface area (Å²) >= 11 is 0. The lowest BCUT2D eigenvalue weighted by Crippen LogP contribution is -2.64. The first-order valence-electron chi connectivity index (χ1n) is 5.96. The molecule has 1 fully saturated rings. The fraction of sp³-hybridized carbons (Fsp3) is 0.833. The molecule has 0 aromatic carbocycles. The van der Waals surface area contributed by atoms with Gasteiger partial charge in [0.1, 0.15) is 5.60 Å². The van der Waals surface area contributed by atoms with E-state index in [1.54, 1.807) is 20.8 Å². The molecule has 0 aliphatic carbocycles. The molecular weight excluding hydrogens is 238 g/mol. The van der Waals surface area contributed by atoms with Crippen LogP contribution < -0.4 is 5.11 Å². The molecule has 1 amide bonds. The predicted molar refractivity (Wildman–Crippen MR) is 61.6 cm³/mol. The predicted octanol–water partition coefficient (Wildman–Crippen LogP) is -0.113. The Balaban J connectivity index is 2.91. The Morgan fingerprint density at radius 2 is 2.00 bits per heavy atom. The Labute approximate surface area is 107 Å². The molecule has 1 heterocycles. The van der Waals surface area contributed by atoms with Gasteiger partial charge in [-0.3, -0.25) is 4.90 Å². The third kappa shape index (κ3) is 3.13. The number of aliphatic hydroxyl groups is 1. The van der Waals surface area contributed by atoms with Crippen LogP contribution >= 0.6 is 0 Å². The zero-order valence-electron chi connectivity index (χ0n) is 11.2. The van der Waals surface area contributed by atoms with E-state index in [2.05, 4.69) is 0 Å². The van der Waals surface area contributed by atoms with Gasteiger partial charge in [-0.2, -0.15) is 0 Å². The van der Waals surface area contributed by atoms with Crippen molar-refractivity contribution in [3.63, 3.8) is 0 Å². The second kappa shape index (κ2) is 4.76. The number of hydrogen-bond donors (Lipinski definition) is 1. The highest BCUT2D eigenvalue weighted by Gasteiger charge is 2.43. The molecule has 1 aliphatic heterocycles. The summed E-state index contributed by atoms with van der Waals surface area (Å²) in [5, 5.41) is 20.8. The lowest BCUT2D eigenvalue weighted by atomic mass is 9.87. The first kappa shape index (κ1) is 14.8. The van der Waals surface area contributed by atoms with Crippen molar-refractivity contribution in [2.75, 3.05) is 6.54 Å². The van der Waals surface area contributed by atoms with E-state index in [0.717, 1.165) is 4.90 Å². The minimum absolute atomic E-state index is 0.0470. The molecule has 104 valence electrons. The average molecular weight is 258 g/mol. The summed E-state index contributed by atoms with van der Waals surface area (Å²) in [5.74, 6) is -1.38. The maximum absolute atomic E-state index is 12.0. The van der Waals surface area contributed by atoms with Crippen LogP contribution in [0.3, 0.4) is 0 Å². The molecule has 0 unspecified atom stereocenters. The van der Waals surface area contributed by atoms with Crippen LogP contribution in [0.5, 0.6) is 0 Å². The highest BCUT2D eigenvalue weighted by atomic mass is 16.6. The fourth-order valence-electron chi connectivity index (χ4n) is 2.00. The van der Waals surface area contributed by atoms with Crippen LogP contribution in [0.4, 0.5) is 4.79 Å². The first-order chi connectivity index (χ1) is 8.06. The molecule has 18 heavy (non-hydrogen) atoms. The first-order valence-corrected chi connectivity index (χ1v) is 5.96. The van der Waals surface area contributed by atoms with Crippen molar-refractivity contribution in [1.82, 2.24) is 4.90 Å². The quantitative estimate of drug-likeness (QED) is 0.708. The van der Waals surface area contributed by atoms with Gasteiger partial charge < -0.3 is 19.7 Å². The van der Waals surface area contributed by atoms with E-state index in [1.807, 2.05) is 0 Å². The van der Waals surface area contributed by atoms with Gasteiger partial charge in [-0.05, 0) is 34.1 Å². The van der Waals surface area contributed by atoms with Gasteiger partial charge in [0.2, 0.25) is 0 Å². The topological polar surface area (TPSA) is 89.9 Å². The number of aliphatic hydroxyl groups excluding tert-OH is 1. The van der Waals surface area contributed by atoms with Crippen LogP contribution in [0.1, 0.15) is 40.5 Å². The number of piperidine rings is 1. The minimum atomic E-state index is -1.53. The Morgan fingerprint density at radius 1 is 1.44 bits per heavy atom. The molecule has 1 N–H and O–H groups in total. The fourth-order valence-corrected chi connectivity index (χ4v) is 2.00. The average Bonchev–Trinajstić information content (AvgIpc) is 2.13. The normalized spacial score (nSPS) is 28.9. The molecule has 2 atom stereocenters. The molecule has 1 aliphatic rings. The second-order valence-corrected chi connectivity index (χ2v) is 5.84.